The number of benzene rings is 1. The van der Waals surface area contributed by atoms with Gasteiger partial charge in [0.05, 0.1) is 24.5 Å². The highest BCUT2D eigenvalue weighted by Crippen LogP contribution is 2.17. The molecule has 2 rings (SSSR count). The maximum absolute atomic E-state index is 6.06. The van der Waals surface area contributed by atoms with Gasteiger partial charge in [-0.1, -0.05) is 23.7 Å². The predicted molar refractivity (Wildman–Crippen MR) is 101 cm³/mol. The molecule has 0 aliphatic carbocycles. The molecule has 130 valence electrons. The van der Waals surface area contributed by atoms with Gasteiger partial charge in [0.15, 0.2) is 5.96 Å². The third kappa shape index (κ3) is 4.41. The topological polar surface area (TPSA) is 57.5 Å². The number of aromatic nitrogens is 2. The van der Waals surface area contributed by atoms with Crippen molar-refractivity contribution >= 4 is 23.5 Å². The van der Waals surface area contributed by atoms with E-state index in [1.54, 1.807) is 7.05 Å². The van der Waals surface area contributed by atoms with Crippen molar-refractivity contribution in [1.29, 1.82) is 0 Å². The molecule has 0 bridgehead atoms. The molecule has 2 N–H and O–H groups in total. The summed E-state index contributed by atoms with van der Waals surface area (Å²) in [6.07, 6.45) is 1.87. The van der Waals surface area contributed by atoms with Crippen LogP contribution >= 0.6 is 11.6 Å². The van der Waals surface area contributed by atoms with Gasteiger partial charge in [-0.25, -0.2) is 4.98 Å². The standard InChI is InChI=1S/C17H25ClN6/c1-12(13-7-6-8-14(18)9-13)22-16(19-2)20-10-15-11-21-17(23(3)4)24(15)5/h6-9,11-12H,10H2,1-5H3,(H2,19,20,22). The Morgan fingerprint density at radius 1 is 1.42 bits per heavy atom. The van der Waals surface area contributed by atoms with Gasteiger partial charge in [-0.15, -0.1) is 0 Å². The first-order valence-electron chi connectivity index (χ1n) is 7.83. The Kier molecular flexibility index (Phi) is 6.09. The number of aliphatic imine (C=N–C) groups is 1. The van der Waals surface area contributed by atoms with Gasteiger partial charge in [0, 0.05) is 33.2 Å². The zero-order chi connectivity index (χ0) is 17.7. The highest BCUT2D eigenvalue weighted by molar-refractivity contribution is 6.30. The van der Waals surface area contributed by atoms with Gasteiger partial charge in [0.2, 0.25) is 5.95 Å². The zero-order valence-electron chi connectivity index (χ0n) is 14.8. The van der Waals surface area contributed by atoms with E-state index >= 15 is 0 Å². The monoisotopic (exact) mass is 348 g/mol. The van der Waals surface area contributed by atoms with E-state index in [-0.39, 0.29) is 6.04 Å². The van der Waals surface area contributed by atoms with Crippen molar-refractivity contribution in [1.82, 2.24) is 20.2 Å². The van der Waals surface area contributed by atoms with E-state index < -0.39 is 0 Å². The van der Waals surface area contributed by atoms with Gasteiger partial charge in [-0.2, -0.15) is 0 Å². The van der Waals surface area contributed by atoms with E-state index in [9.17, 15) is 0 Å². The number of guanidine groups is 1. The van der Waals surface area contributed by atoms with Gasteiger partial charge in [-0.05, 0) is 24.6 Å². The summed E-state index contributed by atoms with van der Waals surface area (Å²) in [4.78, 5) is 10.7. The molecular formula is C17H25ClN6. The Hall–Kier alpha value is -2.21. The zero-order valence-corrected chi connectivity index (χ0v) is 15.6. The molecule has 24 heavy (non-hydrogen) atoms. The molecule has 0 aliphatic rings. The van der Waals surface area contributed by atoms with Crippen molar-refractivity contribution in [2.24, 2.45) is 12.0 Å². The fourth-order valence-corrected chi connectivity index (χ4v) is 2.65. The van der Waals surface area contributed by atoms with E-state index in [1.807, 2.05) is 56.5 Å². The number of halogens is 1. The average Bonchev–Trinajstić information content (AvgIpc) is 2.92. The summed E-state index contributed by atoms with van der Waals surface area (Å²) in [6.45, 7) is 2.71. The Balaban J connectivity index is 1.98. The van der Waals surface area contributed by atoms with Crippen LogP contribution in [-0.2, 0) is 13.6 Å². The lowest BCUT2D eigenvalue weighted by atomic mass is 10.1. The molecule has 0 saturated heterocycles. The quantitative estimate of drug-likeness (QED) is 0.644. The number of rotatable bonds is 5. The molecule has 0 fully saturated rings. The minimum atomic E-state index is 0.0961. The Labute approximate surface area is 148 Å². The summed E-state index contributed by atoms with van der Waals surface area (Å²) in [5, 5.41) is 7.42. The SMILES string of the molecule is CN=C(NCc1cnc(N(C)C)n1C)NC(C)c1cccc(Cl)c1. The highest BCUT2D eigenvalue weighted by Gasteiger charge is 2.11. The highest BCUT2D eigenvalue weighted by atomic mass is 35.5. The molecule has 1 aromatic heterocycles. The second-order valence-electron chi connectivity index (χ2n) is 5.85. The largest absolute Gasteiger partial charge is 0.351 e. The first-order chi connectivity index (χ1) is 11.4. The maximum Gasteiger partial charge on any atom is 0.204 e. The maximum atomic E-state index is 6.06. The number of nitrogens with one attached hydrogen (secondary N) is 2. The van der Waals surface area contributed by atoms with E-state index in [1.165, 1.54) is 0 Å². The molecule has 2 aromatic rings. The van der Waals surface area contributed by atoms with Crippen molar-refractivity contribution < 1.29 is 0 Å². The van der Waals surface area contributed by atoms with Gasteiger partial charge in [-0.3, -0.25) is 4.99 Å². The predicted octanol–water partition coefficient (Wildman–Crippen LogP) is 2.57. The lowest BCUT2D eigenvalue weighted by molar-refractivity contribution is 0.676. The van der Waals surface area contributed by atoms with Crippen molar-refractivity contribution in [3.05, 3.63) is 46.7 Å². The number of imidazole rings is 1. The van der Waals surface area contributed by atoms with Gasteiger partial charge >= 0.3 is 0 Å². The molecule has 7 heteroatoms. The van der Waals surface area contributed by atoms with Crippen LogP contribution in [-0.4, -0.2) is 36.7 Å². The molecule has 6 nitrogen and oxygen atoms in total. The van der Waals surface area contributed by atoms with Crippen molar-refractivity contribution in [2.45, 2.75) is 19.5 Å². The van der Waals surface area contributed by atoms with Crippen LogP contribution in [0.2, 0.25) is 5.02 Å². The molecule has 1 atom stereocenters. The number of nitrogens with zero attached hydrogens (tertiary/aromatic N) is 4. The van der Waals surface area contributed by atoms with Gasteiger partial charge in [0.1, 0.15) is 0 Å². The van der Waals surface area contributed by atoms with E-state index in [4.69, 9.17) is 11.6 Å². The van der Waals surface area contributed by atoms with Crippen molar-refractivity contribution in [3.63, 3.8) is 0 Å². The Morgan fingerprint density at radius 3 is 2.75 bits per heavy atom. The molecule has 0 radical (unpaired) electrons. The first kappa shape index (κ1) is 18.1. The number of anilines is 1. The number of hydrogen-bond acceptors (Lipinski definition) is 3. The lowest BCUT2D eigenvalue weighted by Crippen LogP contribution is -2.38. The molecule has 0 aliphatic heterocycles. The van der Waals surface area contributed by atoms with Crippen molar-refractivity contribution in [3.8, 4) is 0 Å². The third-order valence-corrected chi connectivity index (χ3v) is 4.06. The fourth-order valence-electron chi connectivity index (χ4n) is 2.45. The normalized spacial score (nSPS) is 12.8. The molecule has 1 unspecified atom stereocenters. The summed E-state index contributed by atoms with van der Waals surface area (Å²) in [5.74, 6) is 1.65. The van der Waals surface area contributed by atoms with Crippen LogP contribution < -0.4 is 15.5 Å². The van der Waals surface area contributed by atoms with Gasteiger partial charge in [0.25, 0.3) is 0 Å². The molecule has 1 aromatic carbocycles. The minimum Gasteiger partial charge on any atom is -0.351 e. The van der Waals surface area contributed by atoms with Crippen LogP contribution in [0.15, 0.2) is 35.5 Å². The fraction of sp³-hybridized carbons (Fsp3) is 0.412. The molecule has 0 amide bonds. The minimum absolute atomic E-state index is 0.0961. The second kappa shape index (κ2) is 8.06. The van der Waals surface area contributed by atoms with Crippen LogP contribution in [0, 0.1) is 0 Å². The summed E-state index contributed by atoms with van der Waals surface area (Å²) < 4.78 is 2.06. The van der Waals surface area contributed by atoms with Gasteiger partial charge < -0.3 is 20.1 Å². The Morgan fingerprint density at radius 2 is 2.17 bits per heavy atom. The van der Waals surface area contributed by atoms with E-state index in [2.05, 4.69) is 32.1 Å². The smallest absolute Gasteiger partial charge is 0.204 e. The molecule has 1 heterocycles. The summed E-state index contributed by atoms with van der Waals surface area (Å²) in [7, 11) is 7.72. The molecular weight excluding hydrogens is 324 g/mol. The molecule has 0 saturated carbocycles. The first-order valence-corrected chi connectivity index (χ1v) is 8.20. The van der Waals surface area contributed by atoms with E-state index in [0.29, 0.717) is 6.54 Å². The second-order valence-corrected chi connectivity index (χ2v) is 6.29. The Bertz CT molecular complexity index is 707. The third-order valence-electron chi connectivity index (χ3n) is 3.82. The van der Waals surface area contributed by atoms with Crippen LogP contribution in [0.1, 0.15) is 24.2 Å². The van der Waals surface area contributed by atoms with Crippen LogP contribution in [0.3, 0.4) is 0 Å². The lowest BCUT2D eigenvalue weighted by Gasteiger charge is -2.19. The van der Waals surface area contributed by atoms with Crippen molar-refractivity contribution in [2.75, 3.05) is 26.0 Å². The molecule has 0 spiro atoms. The summed E-state index contributed by atoms with van der Waals surface area (Å²) >= 11 is 6.06. The van der Waals surface area contributed by atoms with E-state index in [0.717, 1.165) is 28.2 Å². The average molecular weight is 349 g/mol. The van der Waals surface area contributed by atoms with Crippen LogP contribution in [0.25, 0.3) is 0 Å². The summed E-state index contributed by atoms with van der Waals surface area (Å²) in [5.41, 5.74) is 2.19. The van der Waals surface area contributed by atoms with Crippen LogP contribution in [0.5, 0.6) is 0 Å². The van der Waals surface area contributed by atoms with Crippen LogP contribution in [0.4, 0.5) is 5.95 Å². The summed E-state index contributed by atoms with van der Waals surface area (Å²) in [6, 6.07) is 7.91. The number of hydrogen-bond donors (Lipinski definition) is 2.